The van der Waals surface area contributed by atoms with E-state index in [1.165, 1.54) is 18.2 Å². The van der Waals surface area contributed by atoms with Crippen molar-refractivity contribution in [3.8, 4) is 0 Å². The third-order valence-electron chi connectivity index (χ3n) is 3.05. The number of benzene rings is 2. The topological polar surface area (TPSA) is 0 Å². The summed E-state index contributed by atoms with van der Waals surface area (Å²) in [6.07, 6.45) is 0. The molecule has 0 fully saturated rings. The van der Waals surface area contributed by atoms with Crippen LogP contribution in [0, 0.1) is 25.5 Å². The lowest BCUT2D eigenvalue weighted by atomic mass is 9.95. The molecular formula is C15H12BrClF2. The summed E-state index contributed by atoms with van der Waals surface area (Å²) in [4.78, 5) is -0.328. The van der Waals surface area contributed by atoms with E-state index in [0.29, 0.717) is 10.6 Å². The summed E-state index contributed by atoms with van der Waals surface area (Å²) >= 11 is 9.24. The molecule has 19 heavy (non-hydrogen) atoms. The molecule has 0 heterocycles. The van der Waals surface area contributed by atoms with Crippen LogP contribution in [-0.4, -0.2) is 0 Å². The molecule has 0 aliphatic heterocycles. The maximum Gasteiger partial charge on any atom is 0.129 e. The van der Waals surface area contributed by atoms with Crippen LogP contribution in [0.25, 0.3) is 0 Å². The first-order chi connectivity index (χ1) is 8.90. The fraction of sp³-hybridized carbons (Fsp3) is 0.200. The molecule has 4 heteroatoms. The van der Waals surface area contributed by atoms with Gasteiger partial charge in [-0.25, -0.2) is 8.78 Å². The highest BCUT2D eigenvalue weighted by atomic mass is 79.9. The van der Waals surface area contributed by atoms with Gasteiger partial charge in [-0.15, -0.1) is 0 Å². The van der Waals surface area contributed by atoms with Crippen LogP contribution in [0.5, 0.6) is 0 Å². The smallest absolute Gasteiger partial charge is 0.129 e. The lowest BCUT2D eigenvalue weighted by Crippen LogP contribution is -2.02. The summed E-state index contributed by atoms with van der Waals surface area (Å²) in [5.74, 6) is -0.660. The molecule has 0 bridgehead atoms. The molecule has 1 atom stereocenters. The molecule has 0 amide bonds. The van der Waals surface area contributed by atoms with E-state index in [4.69, 9.17) is 11.6 Å². The molecule has 2 aromatic rings. The van der Waals surface area contributed by atoms with Crippen molar-refractivity contribution in [2.75, 3.05) is 0 Å². The van der Waals surface area contributed by atoms with E-state index < -0.39 is 0 Å². The molecule has 2 rings (SSSR count). The highest BCUT2D eigenvalue weighted by molar-refractivity contribution is 9.09. The minimum Gasteiger partial charge on any atom is -0.207 e. The van der Waals surface area contributed by atoms with Gasteiger partial charge in [0.15, 0.2) is 0 Å². The first kappa shape index (κ1) is 14.5. The molecule has 0 nitrogen and oxygen atoms in total. The predicted octanol–water partition coefficient (Wildman–Crippen LogP) is 5.72. The van der Waals surface area contributed by atoms with E-state index >= 15 is 0 Å². The van der Waals surface area contributed by atoms with Crippen molar-refractivity contribution in [1.82, 2.24) is 0 Å². The van der Waals surface area contributed by atoms with Crippen LogP contribution in [0.4, 0.5) is 8.78 Å². The first-order valence-electron chi connectivity index (χ1n) is 5.76. The zero-order chi connectivity index (χ0) is 14.2. The van der Waals surface area contributed by atoms with Gasteiger partial charge in [-0.1, -0.05) is 33.6 Å². The number of hydrogen-bond donors (Lipinski definition) is 0. The zero-order valence-electron chi connectivity index (χ0n) is 10.5. The molecule has 0 aromatic heterocycles. The molecule has 0 aliphatic rings. The van der Waals surface area contributed by atoms with Gasteiger partial charge >= 0.3 is 0 Å². The molecule has 100 valence electrons. The van der Waals surface area contributed by atoms with Crippen molar-refractivity contribution >= 4 is 27.5 Å². The first-order valence-corrected chi connectivity index (χ1v) is 7.05. The molecule has 0 saturated carbocycles. The Morgan fingerprint density at radius 1 is 1.05 bits per heavy atom. The fourth-order valence-electron chi connectivity index (χ4n) is 2.18. The molecule has 2 aromatic carbocycles. The van der Waals surface area contributed by atoms with Gasteiger partial charge in [0.05, 0.1) is 4.83 Å². The largest absolute Gasteiger partial charge is 0.207 e. The Balaban J connectivity index is 2.53. The predicted molar refractivity (Wildman–Crippen MR) is 78.1 cm³/mol. The van der Waals surface area contributed by atoms with Gasteiger partial charge in [0.25, 0.3) is 0 Å². The number of rotatable bonds is 2. The SMILES string of the molecule is Cc1cc(F)cc(C)c1C(Br)c1ccc(Cl)cc1F. The standard InChI is InChI=1S/C15H12BrClF2/c1-8-5-11(18)6-9(2)14(8)15(16)12-4-3-10(17)7-13(12)19/h3-7,15H,1-2H3. The lowest BCUT2D eigenvalue weighted by Gasteiger charge is -2.17. The Labute approximate surface area is 124 Å². The van der Waals surface area contributed by atoms with Gasteiger partial charge in [-0.2, -0.15) is 0 Å². The van der Waals surface area contributed by atoms with Gasteiger partial charge in [0.2, 0.25) is 0 Å². The van der Waals surface area contributed by atoms with Gasteiger partial charge in [0.1, 0.15) is 11.6 Å². The van der Waals surface area contributed by atoms with Crippen LogP contribution >= 0.6 is 27.5 Å². The van der Waals surface area contributed by atoms with Crippen LogP contribution < -0.4 is 0 Å². The summed E-state index contributed by atoms with van der Waals surface area (Å²) in [5.41, 5.74) is 2.94. The third kappa shape index (κ3) is 2.98. The summed E-state index contributed by atoms with van der Waals surface area (Å²) in [5, 5.41) is 0.355. The zero-order valence-corrected chi connectivity index (χ0v) is 12.8. The minimum absolute atomic E-state index is 0.282. The highest BCUT2D eigenvalue weighted by Gasteiger charge is 2.19. The number of halogens is 4. The fourth-order valence-corrected chi connectivity index (χ4v) is 3.44. The second-order valence-corrected chi connectivity index (χ2v) is 5.83. The lowest BCUT2D eigenvalue weighted by molar-refractivity contribution is 0.612. The van der Waals surface area contributed by atoms with Crippen LogP contribution in [0.1, 0.15) is 27.1 Å². The van der Waals surface area contributed by atoms with Crippen LogP contribution in [0.3, 0.4) is 0 Å². The van der Waals surface area contributed by atoms with E-state index in [0.717, 1.165) is 16.7 Å². The Morgan fingerprint density at radius 2 is 1.63 bits per heavy atom. The average molecular weight is 346 g/mol. The molecular weight excluding hydrogens is 334 g/mol. The summed E-state index contributed by atoms with van der Waals surface area (Å²) in [7, 11) is 0. The summed E-state index contributed by atoms with van der Waals surface area (Å²) in [6.45, 7) is 3.63. The highest BCUT2D eigenvalue weighted by Crippen LogP contribution is 2.37. The van der Waals surface area contributed by atoms with Crippen LogP contribution in [0.15, 0.2) is 30.3 Å². The molecule has 1 unspecified atom stereocenters. The van der Waals surface area contributed by atoms with Crippen molar-refractivity contribution < 1.29 is 8.78 Å². The van der Waals surface area contributed by atoms with E-state index in [1.54, 1.807) is 12.1 Å². The van der Waals surface area contributed by atoms with E-state index in [1.807, 2.05) is 13.8 Å². The number of aryl methyl sites for hydroxylation is 2. The Kier molecular flexibility index (Phi) is 4.26. The molecule has 0 saturated heterocycles. The van der Waals surface area contributed by atoms with Crippen LogP contribution in [-0.2, 0) is 0 Å². The van der Waals surface area contributed by atoms with Crippen LogP contribution in [0.2, 0.25) is 5.02 Å². The second-order valence-electron chi connectivity index (χ2n) is 4.48. The van der Waals surface area contributed by atoms with Gasteiger partial charge < -0.3 is 0 Å². The Bertz CT molecular complexity index is 603. The van der Waals surface area contributed by atoms with E-state index in [9.17, 15) is 8.78 Å². The maximum atomic E-state index is 13.9. The molecule has 0 N–H and O–H groups in total. The molecule has 0 spiro atoms. The quantitative estimate of drug-likeness (QED) is 0.611. The number of hydrogen-bond acceptors (Lipinski definition) is 0. The van der Waals surface area contributed by atoms with Gasteiger partial charge in [-0.05, 0) is 54.8 Å². The van der Waals surface area contributed by atoms with E-state index in [-0.39, 0.29) is 16.5 Å². The third-order valence-corrected chi connectivity index (χ3v) is 4.23. The van der Waals surface area contributed by atoms with E-state index in [2.05, 4.69) is 15.9 Å². The monoisotopic (exact) mass is 344 g/mol. The van der Waals surface area contributed by atoms with Crippen molar-refractivity contribution in [3.63, 3.8) is 0 Å². The maximum absolute atomic E-state index is 13.9. The number of alkyl halides is 1. The van der Waals surface area contributed by atoms with Gasteiger partial charge in [0, 0.05) is 10.6 Å². The van der Waals surface area contributed by atoms with Crippen molar-refractivity contribution in [1.29, 1.82) is 0 Å². The summed E-state index contributed by atoms with van der Waals surface area (Å²) < 4.78 is 27.2. The van der Waals surface area contributed by atoms with Crippen molar-refractivity contribution in [2.45, 2.75) is 18.7 Å². The Morgan fingerprint density at radius 3 is 2.16 bits per heavy atom. The van der Waals surface area contributed by atoms with Crippen molar-refractivity contribution in [2.24, 2.45) is 0 Å². The molecule has 0 aliphatic carbocycles. The summed E-state index contributed by atoms with van der Waals surface area (Å²) in [6, 6.07) is 7.45. The second kappa shape index (κ2) is 5.59. The molecule has 0 radical (unpaired) electrons. The Hall–Kier alpha value is -0.930. The van der Waals surface area contributed by atoms with Crippen molar-refractivity contribution in [3.05, 3.63) is 69.2 Å². The normalized spacial score (nSPS) is 12.5. The average Bonchev–Trinajstić information content (AvgIpc) is 2.26. The minimum atomic E-state index is -0.377. The van der Waals surface area contributed by atoms with Gasteiger partial charge in [-0.3, -0.25) is 0 Å².